The molecule has 4 atom stereocenters. The Morgan fingerprint density at radius 1 is 0.709 bits per heavy atom. The number of hydrogen-bond acceptors (Lipinski definition) is 15. The highest BCUT2D eigenvalue weighted by molar-refractivity contribution is 8.29. The number of methoxy groups -OCH3 is 2. The summed E-state index contributed by atoms with van der Waals surface area (Å²) in [6, 6.07) is 25.0. The van der Waals surface area contributed by atoms with Crippen molar-refractivity contribution >= 4 is 94.6 Å². The molecule has 21 nitrogen and oxygen atoms in total. The smallest absolute Gasteiger partial charge is 0.288 e. The molecule has 5 aromatic carbocycles. The molecule has 6 amide bonds. The molecule has 24 heteroatoms. The first kappa shape index (κ1) is 55.9. The molecule has 4 aliphatic rings. The summed E-state index contributed by atoms with van der Waals surface area (Å²) in [6.45, 7) is 2.92. The Balaban J connectivity index is 0.918. The van der Waals surface area contributed by atoms with Gasteiger partial charge in [0.1, 0.15) is 13.2 Å². The summed E-state index contributed by atoms with van der Waals surface area (Å²) in [4.78, 5) is 82.5. The fourth-order valence-electron chi connectivity index (χ4n) is 9.95. The van der Waals surface area contributed by atoms with Crippen LogP contribution in [0.15, 0.2) is 91.0 Å². The average Bonchev–Trinajstić information content (AvgIpc) is 4.19. The van der Waals surface area contributed by atoms with Gasteiger partial charge in [-0.2, -0.15) is 8.42 Å². The molecule has 0 aromatic heterocycles. The first-order valence-electron chi connectivity index (χ1n) is 25.3. The topological polar surface area (TPSA) is 272 Å². The number of amides is 6. The molecule has 0 fully saturated rings. The van der Waals surface area contributed by atoms with E-state index in [9.17, 15) is 41.7 Å². The van der Waals surface area contributed by atoms with E-state index in [2.05, 4.69) is 31.9 Å². The van der Waals surface area contributed by atoms with Gasteiger partial charge in [-0.05, 0) is 90.2 Å². The van der Waals surface area contributed by atoms with E-state index in [-0.39, 0.29) is 93.1 Å². The lowest BCUT2D eigenvalue weighted by Gasteiger charge is -2.27. The van der Waals surface area contributed by atoms with Gasteiger partial charge in [0.15, 0.2) is 28.4 Å². The second-order valence-corrected chi connectivity index (χ2v) is 25.1. The Bertz CT molecular complexity index is 3410. The number of nitrogens with zero attached hydrogens (tertiary/aromatic N) is 2. The molecule has 0 bridgehead atoms. The van der Waals surface area contributed by atoms with E-state index >= 15 is 0 Å². The Morgan fingerprint density at radius 2 is 1.23 bits per heavy atom. The molecular formula is C55H60N8O13S3. The minimum absolute atomic E-state index is 0.0729. The van der Waals surface area contributed by atoms with Gasteiger partial charge in [-0.25, -0.2) is 0 Å². The molecule has 4 heterocycles. The zero-order valence-corrected chi connectivity index (χ0v) is 46.4. The molecule has 2 unspecified atom stereocenters. The standard InChI is InChI=1S/C55H60N8O13S3/c1-55(2,78(5)77)15-14-48(64)57-26-49(65)58-27-50(66)59-28-51(67)60-35-17-31(29-75-46-23-39-37(21-44(46)73-3)53(68)62-36(25-56-39)19-33-10-6-8-12-41(33)62)16-32(18-35)30-76-47-24-40-38(22-45(47)74-4)54(69)63-42-13-9-7-11-34(42)20-43(63)52(61-40)79(70,71)72/h6-13,16-18,21-24,36,43,52,56,61H,14-15,19-20,25-30H2,1-5H3,(H,57,64)(H,58,65)(H,59,66)(H,60,67)(H,70,71,72)/t36-,43-,52?,78?/m0/s1. The van der Waals surface area contributed by atoms with Crippen LogP contribution in [-0.4, -0.2) is 117 Å². The summed E-state index contributed by atoms with van der Waals surface area (Å²) in [5.41, 5.74) is 5.63. The fourth-order valence-corrected chi connectivity index (χ4v) is 11.5. The van der Waals surface area contributed by atoms with Crippen molar-refractivity contribution in [2.75, 3.05) is 72.4 Å². The highest BCUT2D eigenvalue weighted by Gasteiger charge is 2.47. The molecule has 9 rings (SSSR count). The maximum Gasteiger partial charge on any atom is 0.288 e. The molecule has 416 valence electrons. The quantitative estimate of drug-likeness (QED) is 0.0524. The van der Waals surface area contributed by atoms with Gasteiger partial charge in [0.25, 0.3) is 21.9 Å². The monoisotopic (exact) mass is 1140 g/mol. The van der Waals surface area contributed by atoms with Gasteiger partial charge in [0.05, 0.1) is 68.4 Å². The van der Waals surface area contributed by atoms with Crippen molar-refractivity contribution in [2.24, 2.45) is 0 Å². The molecular weight excluding hydrogens is 1080 g/mol. The number of carbonyl (C=O) groups excluding carboxylic acids is 6. The summed E-state index contributed by atoms with van der Waals surface area (Å²) < 4.78 is 60.4. The van der Waals surface area contributed by atoms with E-state index < -0.39 is 58.3 Å². The van der Waals surface area contributed by atoms with E-state index in [4.69, 9.17) is 30.1 Å². The number of fused-ring (bicyclic) bond motifs is 8. The number of nitrogens with one attached hydrogen (secondary N) is 6. The summed E-state index contributed by atoms with van der Waals surface area (Å²) in [5, 5.41) is 14.9. The van der Waals surface area contributed by atoms with Crippen molar-refractivity contribution < 1.29 is 60.7 Å². The predicted molar refractivity (Wildman–Crippen MR) is 302 cm³/mol. The van der Waals surface area contributed by atoms with Crippen molar-refractivity contribution in [3.8, 4) is 23.0 Å². The van der Waals surface area contributed by atoms with Crippen molar-refractivity contribution in [3.05, 3.63) is 124 Å². The molecule has 4 aliphatic heterocycles. The van der Waals surface area contributed by atoms with E-state index in [0.29, 0.717) is 59.0 Å². The minimum atomic E-state index is -4.78. The third-order valence-corrected chi connectivity index (χ3v) is 18.5. The fraction of sp³-hybridized carbons (Fsp3) is 0.345. The lowest BCUT2D eigenvalue weighted by Crippen LogP contribution is -2.49. The van der Waals surface area contributed by atoms with Crippen molar-refractivity contribution in [3.63, 3.8) is 0 Å². The van der Waals surface area contributed by atoms with Crippen molar-refractivity contribution in [1.82, 2.24) is 16.0 Å². The van der Waals surface area contributed by atoms with Crippen LogP contribution < -0.4 is 60.6 Å². The van der Waals surface area contributed by atoms with E-state index in [0.717, 1.165) is 16.8 Å². The Kier molecular flexibility index (Phi) is 16.5. The van der Waals surface area contributed by atoms with Crippen LogP contribution in [0.25, 0.3) is 0 Å². The maximum absolute atomic E-state index is 14.3. The van der Waals surface area contributed by atoms with Crippen LogP contribution in [0.3, 0.4) is 0 Å². The Hall–Kier alpha value is -7.80. The average molecular weight is 1140 g/mol. The van der Waals surface area contributed by atoms with Crippen LogP contribution in [-0.2, 0) is 76.0 Å². The second-order valence-electron chi connectivity index (χ2n) is 20.0. The molecule has 0 radical (unpaired) electrons. The number of rotatable bonds is 20. The number of anilines is 5. The molecule has 0 aliphatic carbocycles. The van der Waals surface area contributed by atoms with Crippen LogP contribution in [0, 0.1) is 0 Å². The van der Waals surface area contributed by atoms with Gasteiger partial charge >= 0.3 is 0 Å². The Morgan fingerprint density at radius 3 is 1.81 bits per heavy atom. The Labute approximate surface area is 463 Å². The van der Waals surface area contributed by atoms with Crippen molar-refractivity contribution in [1.29, 1.82) is 0 Å². The maximum atomic E-state index is 14.3. The van der Waals surface area contributed by atoms with Gasteiger partial charge in [-0.1, -0.05) is 61.4 Å². The first-order valence-corrected chi connectivity index (χ1v) is 29.3. The molecule has 5 aromatic rings. The summed E-state index contributed by atoms with van der Waals surface area (Å²) in [6.07, 6.45) is 3.54. The van der Waals surface area contributed by atoms with Crippen LogP contribution in [0.2, 0.25) is 0 Å². The summed E-state index contributed by atoms with van der Waals surface area (Å²) in [7, 11) is -2.25. The molecule has 0 saturated heterocycles. The zero-order valence-electron chi connectivity index (χ0n) is 43.9. The number of carbonyl (C=O) groups is 6. The number of para-hydroxylation sites is 2. The molecule has 0 spiro atoms. The van der Waals surface area contributed by atoms with E-state index in [1.807, 2.05) is 49.3 Å². The number of hydrogen-bond donors (Lipinski definition) is 7. The van der Waals surface area contributed by atoms with Crippen LogP contribution >= 0.6 is 0 Å². The predicted octanol–water partition coefficient (Wildman–Crippen LogP) is 4.63. The van der Waals surface area contributed by atoms with Gasteiger partial charge in [-0.3, -0.25) is 33.3 Å². The SMILES string of the molecule is COc1cc2c(cc1OCc1cc(COc3cc4c(cc3OC)C(=O)N3c5ccccc5C[C@H]3C(S(=O)(=O)O)N4)cc(NC(=O)CNC(=O)CNC(=O)CNC(=O)CCC(C)(C)S(C)=S)c1)NC[C@@H]1Cc3ccccc3N1C2=O. The first-order chi connectivity index (χ1) is 37.7. The number of benzene rings is 5. The lowest BCUT2D eigenvalue weighted by atomic mass is 10.1. The highest BCUT2D eigenvalue weighted by Crippen LogP contribution is 2.44. The highest BCUT2D eigenvalue weighted by atomic mass is 32.8. The van der Waals surface area contributed by atoms with Gasteiger partial charge in [-0.15, -0.1) is 9.45 Å². The molecule has 79 heavy (non-hydrogen) atoms. The zero-order chi connectivity index (χ0) is 56.3. The van der Waals surface area contributed by atoms with Gasteiger partial charge in [0, 0.05) is 46.9 Å². The van der Waals surface area contributed by atoms with Gasteiger partial charge < -0.3 is 60.6 Å². The van der Waals surface area contributed by atoms with Crippen LogP contribution in [0.1, 0.15) is 69.7 Å². The van der Waals surface area contributed by atoms with E-state index in [1.54, 1.807) is 54.6 Å². The second kappa shape index (κ2) is 23.3. The summed E-state index contributed by atoms with van der Waals surface area (Å²) in [5.74, 6) is -2.05. The molecule has 0 saturated carbocycles. The third kappa shape index (κ3) is 12.4. The minimum Gasteiger partial charge on any atom is -0.493 e. The lowest BCUT2D eigenvalue weighted by molar-refractivity contribution is -0.128. The van der Waals surface area contributed by atoms with Crippen LogP contribution in [0.4, 0.5) is 28.4 Å². The molecule has 7 N–H and O–H groups in total. The van der Waals surface area contributed by atoms with Crippen molar-refractivity contribution in [2.45, 2.75) is 74.9 Å². The van der Waals surface area contributed by atoms with Crippen LogP contribution in [0.5, 0.6) is 23.0 Å². The van der Waals surface area contributed by atoms with E-state index in [1.165, 1.54) is 31.3 Å². The summed E-state index contributed by atoms with van der Waals surface area (Å²) >= 11 is 5.37. The normalized spacial score (nSPS) is 17.3. The number of ether oxygens (including phenoxy) is 4. The largest absolute Gasteiger partial charge is 0.493 e. The van der Waals surface area contributed by atoms with Gasteiger partial charge in [0.2, 0.25) is 23.6 Å². The third-order valence-electron chi connectivity index (χ3n) is 14.3.